The summed E-state index contributed by atoms with van der Waals surface area (Å²) in [6.07, 6.45) is 3.14. The van der Waals surface area contributed by atoms with E-state index < -0.39 is 0 Å². The first-order chi connectivity index (χ1) is 6.77. The van der Waals surface area contributed by atoms with Crippen LogP contribution in [0.15, 0.2) is 41.5 Å². The van der Waals surface area contributed by atoms with Crippen LogP contribution in [0.5, 0.6) is 0 Å². The molecule has 0 aliphatic carbocycles. The molecule has 0 unspecified atom stereocenters. The van der Waals surface area contributed by atoms with Gasteiger partial charge < -0.3 is 5.73 Å². The minimum absolute atomic E-state index is 0.148. The molecule has 2 heterocycles. The molecule has 0 radical (unpaired) electrons. The lowest BCUT2D eigenvalue weighted by Gasteiger charge is -2.02. The molecule has 0 fully saturated rings. The molecule has 0 aliphatic heterocycles. The van der Waals surface area contributed by atoms with E-state index in [2.05, 4.69) is 9.97 Å². The van der Waals surface area contributed by atoms with E-state index in [1.807, 2.05) is 0 Å². The van der Waals surface area contributed by atoms with Gasteiger partial charge >= 0.3 is 0 Å². The Morgan fingerprint density at radius 2 is 2.14 bits per heavy atom. The quantitative estimate of drug-likeness (QED) is 0.694. The summed E-state index contributed by atoms with van der Waals surface area (Å²) in [5.41, 5.74) is 5.26. The van der Waals surface area contributed by atoms with Crippen LogP contribution in [0, 0.1) is 0 Å². The molecule has 0 saturated carbocycles. The molecule has 0 atom stereocenters. The van der Waals surface area contributed by atoms with Gasteiger partial charge in [0, 0.05) is 18.5 Å². The zero-order valence-electron chi connectivity index (χ0n) is 7.29. The van der Waals surface area contributed by atoms with Crippen molar-refractivity contribution in [3.05, 3.63) is 47.0 Å². The second kappa shape index (κ2) is 3.29. The molecule has 14 heavy (non-hydrogen) atoms. The van der Waals surface area contributed by atoms with Crippen LogP contribution in [0.3, 0.4) is 0 Å². The highest BCUT2D eigenvalue weighted by Gasteiger charge is 1.99. The topological polar surface area (TPSA) is 73.8 Å². The minimum atomic E-state index is -0.148. The summed E-state index contributed by atoms with van der Waals surface area (Å²) >= 11 is 0. The number of nitrogen functional groups attached to an aromatic ring is 1. The Bertz CT molecular complexity index is 506. The highest BCUT2D eigenvalue weighted by atomic mass is 16.1. The number of hydrogen-bond acceptors (Lipinski definition) is 4. The van der Waals surface area contributed by atoms with Gasteiger partial charge in [0.25, 0.3) is 5.56 Å². The Morgan fingerprint density at radius 3 is 2.86 bits per heavy atom. The number of aromatic nitrogens is 3. The summed E-state index contributed by atoms with van der Waals surface area (Å²) in [7, 11) is 0. The van der Waals surface area contributed by atoms with Gasteiger partial charge in [0.1, 0.15) is 5.82 Å². The molecular weight excluding hydrogens is 180 g/mol. The minimum Gasteiger partial charge on any atom is -0.368 e. The van der Waals surface area contributed by atoms with Crippen LogP contribution in [0.2, 0.25) is 0 Å². The third-order valence-corrected chi connectivity index (χ3v) is 1.73. The van der Waals surface area contributed by atoms with Crippen molar-refractivity contribution in [1.29, 1.82) is 0 Å². The van der Waals surface area contributed by atoms with Crippen molar-refractivity contribution in [3.63, 3.8) is 0 Å². The van der Waals surface area contributed by atoms with Crippen molar-refractivity contribution in [2.45, 2.75) is 0 Å². The van der Waals surface area contributed by atoms with Crippen LogP contribution >= 0.6 is 0 Å². The standard InChI is InChI=1S/C9H8N4O/c10-9-11-5-4-7(12-9)13-6-2-1-3-8(13)14/h1-6H,(H2,10,11,12). The van der Waals surface area contributed by atoms with Gasteiger partial charge in [-0.15, -0.1) is 0 Å². The highest BCUT2D eigenvalue weighted by Crippen LogP contribution is 2.00. The number of rotatable bonds is 1. The number of anilines is 1. The molecule has 0 aliphatic rings. The Morgan fingerprint density at radius 1 is 1.29 bits per heavy atom. The fourth-order valence-corrected chi connectivity index (χ4v) is 1.11. The van der Waals surface area contributed by atoms with E-state index in [1.54, 1.807) is 24.4 Å². The summed E-state index contributed by atoms with van der Waals surface area (Å²) in [5, 5.41) is 0. The van der Waals surface area contributed by atoms with Gasteiger partial charge in [-0.2, -0.15) is 4.98 Å². The molecule has 2 aromatic heterocycles. The van der Waals surface area contributed by atoms with E-state index >= 15 is 0 Å². The first kappa shape index (κ1) is 8.43. The van der Waals surface area contributed by atoms with E-state index in [0.717, 1.165) is 0 Å². The van der Waals surface area contributed by atoms with E-state index in [0.29, 0.717) is 5.82 Å². The van der Waals surface area contributed by atoms with Gasteiger partial charge in [-0.05, 0) is 12.1 Å². The molecule has 0 spiro atoms. The molecule has 0 aromatic carbocycles. The van der Waals surface area contributed by atoms with Crippen molar-refractivity contribution >= 4 is 5.95 Å². The lowest BCUT2D eigenvalue weighted by Crippen LogP contribution is -2.17. The lowest BCUT2D eigenvalue weighted by atomic mass is 10.4. The van der Waals surface area contributed by atoms with Gasteiger partial charge in [0.15, 0.2) is 0 Å². The van der Waals surface area contributed by atoms with Crippen molar-refractivity contribution in [3.8, 4) is 5.82 Å². The lowest BCUT2D eigenvalue weighted by molar-refractivity contribution is 0.931. The zero-order chi connectivity index (χ0) is 9.97. The fraction of sp³-hybridized carbons (Fsp3) is 0. The summed E-state index contributed by atoms with van der Waals surface area (Å²) in [4.78, 5) is 19.1. The Hall–Kier alpha value is -2.17. The average Bonchev–Trinajstić information content (AvgIpc) is 2.18. The zero-order valence-corrected chi connectivity index (χ0v) is 7.29. The Labute approximate surface area is 79.9 Å². The smallest absolute Gasteiger partial charge is 0.256 e. The van der Waals surface area contributed by atoms with Gasteiger partial charge in [0.05, 0.1) is 0 Å². The van der Waals surface area contributed by atoms with Crippen LogP contribution < -0.4 is 11.3 Å². The second-order valence-electron chi connectivity index (χ2n) is 2.68. The predicted molar refractivity (Wildman–Crippen MR) is 52.0 cm³/mol. The molecule has 0 amide bonds. The highest BCUT2D eigenvalue weighted by molar-refractivity contribution is 5.28. The normalized spacial score (nSPS) is 10.0. The van der Waals surface area contributed by atoms with Crippen LogP contribution in [-0.4, -0.2) is 14.5 Å². The third-order valence-electron chi connectivity index (χ3n) is 1.73. The molecule has 5 nitrogen and oxygen atoms in total. The number of hydrogen-bond donors (Lipinski definition) is 1. The molecule has 0 bridgehead atoms. The van der Waals surface area contributed by atoms with Crippen molar-refractivity contribution < 1.29 is 0 Å². The van der Waals surface area contributed by atoms with Crippen LogP contribution in [0.1, 0.15) is 0 Å². The van der Waals surface area contributed by atoms with Crippen molar-refractivity contribution in [2.24, 2.45) is 0 Å². The van der Waals surface area contributed by atoms with E-state index in [1.165, 1.54) is 16.8 Å². The molecule has 2 N–H and O–H groups in total. The SMILES string of the molecule is Nc1nccc(-n2ccccc2=O)n1. The monoisotopic (exact) mass is 188 g/mol. The third kappa shape index (κ3) is 1.47. The predicted octanol–water partition coefficient (Wildman–Crippen LogP) is 0.210. The Kier molecular flexibility index (Phi) is 1.98. The molecule has 5 heteroatoms. The maximum atomic E-state index is 11.4. The molecular formula is C9H8N4O. The molecule has 0 saturated heterocycles. The van der Waals surface area contributed by atoms with Crippen molar-refractivity contribution in [1.82, 2.24) is 14.5 Å². The summed E-state index contributed by atoms with van der Waals surface area (Å²) in [6, 6.07) is 6.50. The Balaban J connectivity index is 2.61. The summed E-state index contributed by atoms with van der Waals surface area (Å²) in [6.45, 7) is 0. The van der Waals surface area contributed by atoms with E-state index in [9.17, 15) is 4.79 Å². The number of nitrogens with zero attached hydrogens (tertiary/aromatic N) is 3. The fourth-order valence-electron chi connectivity index (χ4n) is 1.11. The van der Waals surface area contributed by atoms with Crippen LogP contribution in [0.4, 0.5) is 5.95 Å². The molecule has 2 rings (SSSR count). The molecule has 2 aromatic rings. The summed E-state index contributed by atoms with van der Waals surface area (Å²) in [5.74, 6) is 0.626. The summed E-state index contributed by atoms with van der Waals surface area (Å²) < 4.78 is 1.40. The first-order valence-corrected chi connectivity index (χ1v) is 4.04. The van der Waals surface area contributed by atoms with Gasteiger partial charge in [-0.3, -0.25) is 9.36 Å². The second-order valence-corrected chi connectivity index (χ2v) is 2.68. The van der Waals surface area contributed by atoms with Gasteiger partial charge in [0.2, 0.25) is 5.95 Å². The van der Waals surface area contributed by atoms with Crippen LogP contribution in [0.25, 0.3) is 5.82 Å². The average molecular weight is 188 g/mol. The van der Waals surface area contributed by atoms with Crippen LogP contribution in [-0.2, 0) is 0 Å². The first-order valence-electron chi connectivity index (χ1n) is 4.04. The molecule has 70 valence electrons. The number of pyridine rings is 1. The van der Waals surface area contributed by atoms with E-state index in [-0.39, 0.29) is 11.5 Å². The maximum absolute atomic E-state index is 11.4. The van der Waals surface area contributed by atoms with Gasteiger partial charge in [-0.25, -0.2) is 4.98 Å². The number of nitrogens with two attached hydrogens (primary N) is 1. The maximum Gasteiger partial charge on any atom is 0.256 e. The van der Waals surface area contributed by atoms with Crippen molar-refractivity contribution in [2.75, 3.05) is 5.73 Å². The largest absolute Gasteiger partial charge is 0.368 e. The van der Waals surface area contributed by atoms with E-state index in [4.69, 9.17) is 5.73 Å². The van der Waals surface area contributed by atoms with Gasteiger partial charge in [-0.1, -0.05) is 6.07 Å².